The lowest BCUT2D eigenvalue weighted by atomic mass is 10.2. The van der Waals surface area contributed by atoms with Gasteiger partial charge in [-0.25, -0.2) is 13.1 Å². The Morgan fingerprint density at radius 3 is 2.31 bits per heavy atom. The summed E-state index contributed by atoms with van der Waals surface area (Å²) in [5.74, 6) is 0.163. The van der Waals surface area contributed by atoms with E-state index in [1.807, 2.05) is 0 Å². The zero-order valence-corrected chi connectivity index (χ0v) is 9.07. The molecule has 0 aliphatic heterocycles. The summed E-state index contributed by atoms with van der Waals surface area (Å²) in [6.07, 6.45) is 4.06. The number of hydrogen-bond acceptors (Lipinski definition) is 3. The summed E-state index contributed by atoms with van der Waals surface area (Å²) in [7, 11) is -2.99. The first-order valence-electron chi connectivity index (χ1n) is 4.80. The third kappa shape index (κ3) is 8.21. The number of nitrogens with one attached hydrogen (secondary N) is 1. The molecule has 4 nitrogen and oxygen atoms in total. The Kier molecular flexibility index (Phi) is 7.22. The molecule has 3 N–H and O–H groups in total. The van der Waals surface area contributed by atoms with E-state index in [1.165, 1.54) is 0 Å². The van der Waals surface area contributed by atoms with Crippen LogP contribution in [0, 0.1) is 0 Å². The van der Waals surface area contributed by atoms with Gasteiger partial charge in [0, 0.05) is 6.54 Å². The molecule has 0 atom stereocenters. The highest BCUT2D eigenvalue weighted by molar-refractivity contribution is 7.89. The van der Waals surface area contributed by atoms with Crippen LogP contribution in [0.3, 0.4) is 0 Å². The van der Waals surface area contributed by atoms with Gasteiger partial charge in [0.2, 0.25) is 10.0 Å². The van der Waals surface area contributed by atoms with Gasteiger partial charge in [-0.1, -0.05) is 12.8 Å². The van der Waals surface area contributed by atoms with Crippen molar-refractivity contribution in [3.8, 4) is 0 Å². The highest BCUT2D eigenvalue weighted by Crippen LogP contribution is 1.97. The molecule has 0 aromatic rings. The van der Waals surface area contributed by atoms with Gasteiger partial charge in [-0.3, -0.25) is 0 Å². The summed E-state index contributed by atoms with van der Waals surface area (Å²) in [4.78, 5) is 0. The summed E-state index contributed by atoms with van der Waals surface area (Å²) in [5.41, 5.74) is 5.32. The lowest BCUT2D eigenvalue weighted by Crippen LogP contribution is -2.26. The van der Waals surface area contributed by atoms with Crippen LogP contribution in [0.2, 0.25) is 0 Å². The highest BCUT2D eigenvalue weighted by Gasteiger charge is 2.03. The van der Waals surface area contributed by atoms with E-state index in [2.05, 4.69) is 4.72 Å². The van der Waals surface area contributed by atoms with Crippen molar-refractivity contribution in [1.29, 1.82) is 0 Å². The summed E-state index contributed by atoms with van der Waals surface area (Å²) in [6, 6.07) is 0. The van der Waals surface area contributed by atoms with Crippen molar-refractivity contribution >= 4 is 10.0 Å². The summed E-state index contributed by atoms with van der Waals surface area (Å²) < 4.78 is 24.4. The predicted octanol–water partition coefficient (Wildman–Crippen LogP) is 0.445. The maximum Gasteiger partial charge on any atom is 0.211 e. The normalized spacial score (nSPS) is 11.8. The molecule has 0 aliphatic rings. The first-order chi connectivity index (χ1) is 6.12. The molecule has 0 radical (unpaired) electrons. The van der Waals surface area contributed by atoms with Crippen molar-refractivity contribution in [2.75, 3.05) is 18.8 Å². The minimum absolute atomic E-state index is 0.163. The van der Waals surface area contributed by atoms with Crippen LogP contribution >= 0.6 is 0 Å². The smallest absolute Gasteiger partial charge is 0.211 e. The molecule has 0 bridgehead atoms. The average molecular weight is 208 g/mol. The van der Waals surface area contributed by atoms with Crippen molar-refractivity contribution in [3.05, 3.63) is 0 Å². The molecule has 0 heterocycles. The van der Waals surface area contributed by atoms with E-state index < -0.39 is 10.0 Å². The second-order valence-electron chi connectivity index (χ2n) is 3.00. The molecule has 0 saturated heterocycles. The van der Waals surface area contributed by atoms with E-state index in [0.29, 0.717) is 6.54 Å². The fourth-order valence-corrected chi connectivity index (χ4v) is 1.61. The van der Waals surface area contributed by atoms with Crippen LogP contribution < -0.4 is 10.5 Å². The Bertz CT molecular complexity index is 202. The molecule has 0 unspecified atom stereocenters. The van der Waals surface area contributed by atoms with Crippen LogP contribution in [0.5, 0.6) is 0 Å². The SMILES string of the molecule is CCS(=O)(=O)NCCCCCCN. The van der Waals surface area contributed by atoms with Gasteiger partial charge in [0.25, 0.3) is 0 Å². The molecule has 0 amide bonds. The van der Waals surface area contributed by atoms with Crippen LogP contribution in [-0.4, -0.2) is 27.3 Å². The first-order valence-corrected chi connectivity index (χ1v) is 6.45. The van der Waals surface area contributed by atoms with Gasteiger partial charge in [0.1, 0.15) is 0 Å². The Hall–Kier alpha value is -0.130. The zero-order chi connectivity index (χ0) is 10.2. The molecule has 0 aliphatic carbocycles. The van der Waals surface area contributed by atoms with Crippen LogP contribution in [-0.2, 0) is 10.0 Å². The van der Waals surface area contributed by atoms with Gasteiger partial charge in [0.05, 0.1) is 5.75 Å². The van der Waals surface area contributed by atoms with E-state index in [1.54, 1.807) is 6.92 Å². The van der Waals surface area contributed by atoms with Crippen LogP contribution in [0.4, 0.5) is 0 Å². The molecule has 80 valence electrons. The van der Waals surface area contributed by atoms with E-state index >= 15 is 0 Å². The Balaban J connectivity index is 3.26. The third-order valence-electron chi connectivity index (χ3n) is 1.83. The van der Waals surface area contributed by atoms with Gasteiger partial charge in [-0.15, -0.1) is 0 Å². The van der Waals surface area contributed by atoms with E-state index in [-0.39, 0.29) is 5.75 Å². The van der Waals surface area contributed by atoms with Gasteiger partial charge in [-0.2, -0.15) is 0 Å². The highest BCUT2D eigenvalue weighted by atomic mass is 32.2. The standard InChI is InChI=1S/C8H20N2O2S/c1-2-13(11,12)10-8-6-4-3-5-7-9/h10H,2-9H2,1H3. The Morgan fingerprint density at radius 2 is 1.77 bits per heavy atom. The maximum absolute atomic E-state index is 11.0. The van der Waals surface area contributed by atoms with E-state index in [4.69, 9.17) is 5.73 Å². The van der Waals surface area contributed by atoms with Crippen LogP contribution in [0.25, 0.3) is 0 Å². The maximum atomic E-state index is 11.0. The quantitative estimate of drug-likeness (QED) is 0.569. The van der Waals surface area contributed by atoms with Crippen molar-refractivity contribution in [2.24, 2.45) is 5.73 Å². The zero-order valence-electron chi connectivity index (χ0n) is 8.25. The van der Waals surface area contributed by atoms with Crippen molar-refractivity contribution in [1.82, 2.24) is 4.72 Å². The molecule has 0 rings (SSSR count). The minimum atomic E-state index is -2.99. The third-order valence-corrected chi connectivity index (χ3v) is 3.24. The number of nitrogens with two attached hydrogens (primary N) is 1. The van der Waals surface area contributed by atoms with Gasteiger partial charge >= 0.3 is 0 Å². The van der Waals surface area contributed by atoms with Crippen molar-refractivity contribution < 1.29 is 8.42 Å². The molecule has 0 saturated carbocycles. The summed E-state index contributed by atoms with van der Waals surface area (Å²) >= 11 is 0. The molecular formula is C8H20N2O2S. The van der Waals surface area contributed by atoms with E-state index in [9.17, 15) is 8.42 Å². The monoisotopic (exact) mass is 208 g/mol. The fraction of sp³-hybridized carbons (Fsp3) is 1.00. The molecule has 0 aromatic carbocycles. The fourth-order valence-electron chi connectivity index (χ4n) is 0.953. The lowest BCUT2D eigenvalue weighted by Gasteiger charge is -2.03. The number of hydrogen-bond donors (Lipinski definition) is 2. The second-order valence-corrected chi connectivity index (χ2v) is 5.10. The Labute approximate surface area is 80.9 Å². The second kappa shape index (κ2) is 7.29. The predicted molar refractivity (Wildman–Crippen MR) is 55.0 cm³/mol. The minimum Gasteiger partial charge on any atom is -0.330 e. The average Bonchev–Trinajstić information content (AvgIpc) is 2.11. The first kappa shape index (κ1) is 12.9. The largest absolute Gasteiger partial charge is 0.330 e. The number of unbranched alkanes of at least 4 members (excludes halogenated alkanes) is 3. The molecule has 5 heteroatoms. The van der Waals surface area contributed by atoms with Crippen LogP contribution in [0.15, 0.2) is 0 Å². The number of sulfonamides is 1. The van der Waals surface area contributed by atoms with E-state index in [0.717, 1.165) is 32.2 Å². The molecular weight excluding hydrogens is 188 g/mol. The summed E-state index contributed by atoms with van der Waals surface area (Å²) in [5, 5.41) is 0. The molecule has 0 spiro atoms. The van der Waals surface area contributed by atoms with Crippen molar-refractivity contribution in [2.45, 2.75) is 32.6 Å². The van der Waals surface area contributed by atoms with Gasteiger partial charge in [0.15, 0.2) is 0 Å². The molecule has 0 fully saturated rings. The molecule has 13 heavy (non-hydrogen) atoms. The lowest BCUT2D eigenvalue weighted by molar-refractivity contribution is 0.573. The Morgan fingerprint density at radius 1 is 1.15 bits per heavy atom. The van der Waals surface area contributed by atoms with Crippen LogP contribution in [0.1, 0.15) is 32.6 Å². The molecule has 0 aromatic heterocycles. The number of rotatable bonds is 8. The summed E-state index contributed by atoms with van der Waals surface area (Å²) in [6.45, 7) is 2.91. The van der Waals surface area contributed by atoms with Gasteiger partial charge in [-0.05, 0) is 26.3 Å². The topological polar surface area (TPSA) is 72.2 Å². The van der Waals surface area contributed by atoms with Crippen molar-refractivity contribution in [3.63, 3.8) is 0 Å². The van der Waals surface area contributed by atoms with Gasteiger partial charge < -0.3 is 5.73 Å².